The van der Waals surface area contributed by atoms with Gasteiger partial charge in [-0.15, -0.1) is 10.2 Å². The van der Waals surface area contributed by atoms with Crippen LogP contribution in [0.15, 0.2) is 5.51 Å². The average molecular weight is 214 g/mol. The minimum Gasteiger partial charge on any atom is -0.330 e. The van der Waals surface area contributed by atoms with Crippen LogP contribution >= 0.6 is 11.3 Å². The number of nitrogens with one attached hydrogen (secondary N) is 1. The molecule has 1 rings (SSSR count). The number of nitrogens with two attached hydrogens (primary N) is 1. The monoisotopic (exact) mass is 214 g/mol. The zero-order chi connectivity index (χ0) is 10.4. The van der Waals surface area contributed by atoms with Gasteiger partial charge >= 0.3 is 0 Å². The zero-order valence-corrected chi connectivity index (χ0v) is 8.88. The maximum Gasteiger partial charge on any atom is 0.229 e. The second-order valence-electron chi connectivity index (χ2n) is 3.07. The first-order chi connectivity index (χ1) is 6.74. The molecule has 0 saturated carbocycles. The molecule has 0 aromatic carbocycles. The highest BCUT2D eigenvalue weighted by Crippen LogP contribution is 2.12. The molecule has 0 aliphatic heterocycles. The lowest BCUT2D eigenvalue weighted by Gasteiger charge is -2.08. The number of nitrogens with zero attached hydrogens (tertiary/aromatic N) is 2. The molecule has 1 unspecified atom stereocenters. The van der Waals surface area contributed by atoms with Gasteiger partial charge in [0.2, 0.25) is 11.0 Å². The normalized spacial score (nSPS) is 12.4. The van der Waals surface area contributed by atoms with Crippen LogP contribution in [0.1, 0.15) is 19.8 Å². The van der Waals surface area contributed by atoms with E-state index in [1.54, 1.807) is 5.51 Å². The van der Waals surface area contributed by atoms with E-state index in [2.05, 4.69) is 15.5 Å². The van der Waals surface area contributed by atoms with Gasteiger partial charge in [-0.2, -0.15) is 0 Å². The van der Waals surface area contributed by atoms with Crippen molar-refractivity contribution in [1.29, 1.82) is 0 Å². The summed E-state index contributed by atoms with van der Waals surface area (Å²) in [5.41, 5.74) is 6.94. The van der Waals surface area contributed by atoms with Crippen LogP contribution < -0.4 is 11.1 Å². The highest BCUT2D eigenvalue weighted by molar-refractivity contribution is 7.13. The molecule has 1 atom stereocenters. The lowest BCUT2D eigenvalue weighted by molar-refractivity contribution is -0.119. The third-order valence-electron chi connectivity index (χ3n) is 1.88. The standard InChI is InChI=1S/C8H14N4OS/c1-6(3-2-4-9)7(13)11-8-12-10-5-14-8/h5-6H,2-4,9H2,1H3,(H,11,12,13). The van der Waals surface area contributed by atoms with E-state index in [-0.39, 0.29) is 11.8 Å². The van der Waals surface area contributed by atoms with Gasteiger partial charge < -0.3 is 11.1 Å². The Bertz CT molecular complexity index is 275. The van der Waals surface area contributed by atoms with Gasteiger partial charge in [0.05, 0.1) is 0 Å². The summed E-state index contributed by atoms with van der Waals surface area (Å²) in [6.45, 7) is 2.50. The van der Waals surface area contributed by atoms with Gasteiger partial charge in [-0.1, -0.05) is 18.3 Å². The number of rotatable bonds is 5. The molecular weight excluding hydrogens is 200 g/mol. The molecule has 0 bridgehead atoms. The van der Waals surface area contributed by atoms with Crippen LogP contribution in [-0.4, -0.2) is 22.6 Å². The Labute approximate surface area is 86.7 Å². The third-order valence-corrected chi connectivity index (χ3v) is 2.49. The molecule has 6 heteroatoms. The van der Waals surface area contributed by atoms with Crippen LogP contribution in [0.2, 0.25) is 0 Å². The van der Waals surface area contributed by atoms with Crippen LogP contribution in [0.4, 0.5) is 5.13 Å². The van der Waals surface area contributed by atoms with Crippen molar-refractivity contribution in [2.75, 3.05) is 11.9 Å². The minimum absolute atomic E-state index is 0.0183. The Kier molecular flexibility index (Phi) is 4.48. The molecule has 0 aliphatic rings. The predicted octanol–water partition coefficient (Wildman–Crippen LogP) is 0.852. The fourth-order valence-corrected chi connectivity index (χ4v) is 1.46. The summed E-state index contributed by atoms with van der Waals surface area (Å²) in [6.07, 6.45) is 1.67. The predicted molar refractivity (Wildman–Crippen MR) is 56.0 cm³/mol. The second-order valence-corrected chi connectivity index (χ2v) is 3.90. The zero-order valence-electron chi connectivity index (χ0n) is 8.06. The summed E-state index contributed by atoms with van der Waals surface area (Å²) in [4.78, 5) is 11.5. The van der Waals surface area contributed by atoms with Gasteiger partial charge in [0.25, 0.3) is 0 Å². The van der Waals surface area contributed by atoms with Crippen molar-refractivity contribution >= 4 is 22.4 Å². The van der Waals surface area contributed by atoms with E-state index in [1.165, 1.54) is 11.3 Å². The topological polar surface area (TPSA) is 80.9 Å². The summed E-state index contributed by atoms with van der Waals surface area (Å²) in [5, 5.41) is 10.6. The van der Waals surface area contributed by atoms with Crippen LogP contribution in [-0.2, 0) is 4.79 Å². The molecule has 5 nitrogen and oxygen atoms in total. The van der Waals surface area contributed by atoms with Crippen LogP contribution in [0.25, 0.3) is 0 Å². The summed E-state index contributed by atoms with van der Waals surface area (Å²) >= 11 is 1.31. The Hall–Kier alpha value is -1.01. The molecule has 1 aromatic rings. The minimum atomic E-state index is -0.0255. The van der Waals surface area contributed by atoms with E-state index in [1.807, 2.05) is 6.92 Å². The molecule has 0 fully saturated rings. The summed E-state index contributed by atoms with van der Waals surface area (Å²) in [6, 6.07) is 0. The van der Waals surface area contributed by atoms with Crippen molar-refractivity contribution in [3.63, 3.8) is 0 Å². The van der Waals surface area contributed by atoms with Crippen molar-refractivity contribution in [3.05, 3.63) is 5.51 Å². The van der Waals surface area contributed by atoms with E-state index in [0.29, 0.717) is 11.7 Å². The van der Waals surface area contributed by atoms with Gasteiger partial charge in [-0.05, 0) is 19.4 Å². The Morgan fingerprint density at radius 2 is 2.57 bits per heavy atom. The second kappa shape index (κ2) is 5.66. The van der Waals surface area contributed by atoms with Crippen LogP contribution in [0.5, 0.6) is 0 Å². The lowest BCUT2D eigenvalue weighted by Crippen LogP contribution is -2.21. The maximum atomic E-state index is 11.5. The number of carbonyl (C=O) groups excluding carboxylic acids is 1. The molecule has 0 saturated heterocycles. The molecule has 0 aliphatic carbocycles. The highest BCUT2D eigenvalue weighted by Gasteiger charge is 2.13. The molecule has 1 aromatic heterocycles. The van der Waals surface area contributed by atoms with Gasteiger partial charge in [0, 0.05) is 5.92 Å². The number of anilines is 1. The molecule has 0 spiro atoms. The molecular formula is C8H14N4OS. The molecule has 0 radical (unpaired) electrons. The van der Waals surface area contributed by atoms with Crippen LogP contribution in [0.3, 0.4) is 0 Å². The van der Waals surface area contributed by atoms with E-state index < -0.39 is 0 Å². The average Bonchev–Trinajstić information content (AvgIpc) is 2.66. The number of amides is 1. The van der Waals surface area contributed by atoms with Gasteiger partial charge in [-0.3, -0.25) is 4.79 Å². The Morgan fingerprint density at radius 3 is 3.14 bits per heavy atom. The quantitative estimate of drug-likeness (QED) is 0.761. The first-order valence-electron chi connectivity index (χ1n) is 4.51. The van der Waals surface area contributed by atoms with Crippen molar-refractivity contribution in [1.82, 2.24) is 10.2 Å². The van der Waals surface area contributed by atoms with E-state index in [4.69, 9.17) is 5.73 Å². The molecule has 3 N–H and O–H groups in total. The van der Waals surface area contributed by atoms with Crippen molar-refractivity contribution in [2.45, 2.75) is 19.8 Å². The number of aromatic nitrogens is 2. The van der Waals surface area contributed by atoms with Crippen molar-refractivity contribution in [3.8, 4) is 0 Å². The van der Waals surface area contributed by atoms with Crippen molar-refractivity contribution in [2.24, 2.45) is 11.7 Å². The number of hydrogen-bond acceptors (Lipinski definition) is 5. The SMILES string of the molecule is CC(CCCN)C(=O)Nc1nncs1. The molecule has 14 heavy (non-hydrogen) atoms. The summed E-state index contributed by atoms with van der Waals surface area (Å²) in [5.74, 6) is -0.0438. The first kappa shape index (κ1) is 11.1. The van der Waals surface area contributed by atoms with E-state index >= 15 is 0 Å². The van der Waals surface area contributed by atoms with Gasteiger partial charge in [-0.25, -0.2) is 0 Å². The third kappa shape index (κ3) is 3.39. The highest BCUT2D eigenvalue weighted by atomic mass is 32.1. The largest absolute Gasteiger partial charge is 0.330 e. The van der Waals surface area contributed by atoms with E-state index in [9.17, 15) is 4.79 Å². The first-order valence-corrected chi connectivity index (χ1v) is 5.39. The Morgan fingerprint density at radius 1 is 1.79 bits per heavy atom. The molecule has 1 amide bonds. The fraction of sp³-hybridized carbons (Fsp3) is 0.625. The summed E-state index contributed by atoms with van der Waals surface area (Å²) < 4.78 is 0. The van der Waals surface area contributed by atoms with Gasteiger partial charge in [0.1, 0.15) is 5.51 Å². The molecule has 78 valence electrons. The van der Waals surface area contributed by atoms with E-state index in [0.717, 1.165) is 12.8 Å². The lowest BCUT2D eigenvalue weighted by atomic mass is 10.1. The van der Waals surface area contributed by atoms with Gasteiger partial charge in [0.15, 0.2) is 0 Å². The smallest absolute Gasteiger partial charge is 0.229 e. The number of hydrogen-bond donors (Lipinski definition) is 2. The fourth-order valence-electron chi connectivity index (χ4n) is 1.01. The molecule has 1 heterocycles. The number of carbonyl (C=O) groups is 1. The maximum absolute atomic E-state index is 11.5. The van der Waals surface area contributed by atoms with Crippen molar-refractivity contribution < 1.29 is 4.79 Å². The van der Waals surface area contributed by atoms with Crippen LogP contribution in [0, 0.1) is 5.92 Å². The summed E-state index contributed by atoms with van der Waals surface area (Å²) in [7, 11) is 0. The Balaban J connectivity index is 2.34.